The van der Waals surface area contributed by atoms with Crippen molar-refractivity contribution in [1.82, 2.24) is 10.2 Å². The fourth-order valence-electron chi connectivity index (χ4n) is 1.78. The Morgan fingerprint density at radius 2 is 1.95 bits per heavy atom. The average molecular weight is 273 g/mol. The molecule has 1 unspecified atom stereocenters. The molecule has 0 heterocycles. The molecule has 3 N–H and O–H groups in total. The topological polar surface area (TPSA) is 67.6 Å². The van der Waals surface area contributed by atoms with E-state index in [9.17, 15) is 4.79 Å². The molecule has 0 bridgehead atoms. The summed E-state index contributed by atoms with van der Waals surface area (Å²) in [5.74, 6) is 0.00737. The summed E-state index contributed by atoms with van der Waals surface area (Å²) in [5, 5.41) is 2.83. The van der Waals surface area contributed by atoms with Gasteiger partial charge < -0.3 is 20.7 Å². The molecule has 19 heavy (non-hydrogen) atoms. The van der Waals surface area contributed by atoms with Gasteiger partial charge in [-0.05, 0) is 25.9 Å². The summed E-state index contributed by atoms with van der Waals surface area (Å²) >= 11 is 0. The molecule has 0 aromatic heterocycles. The summed E-state index contributed by atoms with van der Waals surface area (Å²) in [7, 11) is 4.00. The van der Waals surface area contributed by atoms with Crippen molar-refractivity contribution >= 4 is 5.91 Å². The second kappa shape index (κ2) is 9.28. The Labute approximate surface area is 117 Å². The van der Waals surface area contributed by atoms with Crippen LogP contribution in [0.15, 0.2) is 0 Å². The van der Waals surface area contributed by atoms with Crippen molar-refractivity contribution in [3.05, 3.63) is 0 Å². The molecule has 0 aliphatic rings. The van der Waals surface area contributed by atoms with Gasteiger partial charge in [0.05, 0.1) is 13.2 Å². The maximum Gasteiger partial charge on any atom is 0.221 e. The molecule has 0 aliphatic heterocycles. The highest BCUT2D eigenvalue weighted by Gasteiger charge is 2.17. The molecule has 0 saturated heterocycles. The van der Waals surface area contributed by atoms with Crippen LogP contribution in [0.5, 0.6) is 0 Å². The van der Waals surface area contributed by atoms with Crippen molar-refractivity contribution in [1.29, 1.82) is 0 Å². The number of nitrogens with two attached hydrogens (primary N) is 1. The zero-order valence-electron chi connectivity index (χ0n) is 13.2. The van der Waals surface area contributed by atoms with E-state index in [1.54, 1.807) is 0 Å². The summed E-state index contributed by atoms with van der Waals surface area (Å²) < 4.78 is 5.39. The van der Waals surface area contributed by atoms with Crippen molar-refractivity contribution in [2.24, 2.45) is 11.1 Å². The van der Waals surface area contributed by atoms with Gasteiger partial charge in [-0.15, -0.1) is 0 Å². The number of likely N-dealkylation sites (N-methyl/N-ethyl adjacent to an activating group) is 1. The van der Waals surface area contributed by atoms with Gasteiger partial charge in [-0.1, -0.05) is 20.8 Å². The number of carbonyl (C=O) groups is 1. The van der Waals surface area contributed by atoms with Crippen molar-refractivity contribution < 1.29 is 9.53 Å². The lowest BCUT2D eigenvalue weighted by Crippen LogP contribution is -2.35. The Morgan fingerprint density at radius 1 is 1.32 bits per heavy atom. The number of hydrogen-bond donors (Lipinski definition) is 2. The second-order valence-corrected chi connectivity index (χ2v) is 6.49. The number of rotatable bonds is 9. The van der Waals surface area contributed by atoms with Crippen LogP contribution in [0.3, 0.4) is 0 Å². The molecule has 1 atom stereocenters. The van der Waals surface area contributed by atoms with Crippen LogP contribution in [0.4, 0.5) is 0 Å². The lowest BCUT2D eigenvalue weighted by atomic mass is 9.87. The van der Waals surface area contributed by atoms with Gasteiger partial charge in [-0.25, -0.2) is 0 Å². The van der Waals surface area contributed by atoms with E-state index in [0.717, 1.165) is 13.0 Å². The average Bonchev–Trinajstić information content (AvgIpc) is 2.19. The highest BCUT2D eigenvalue weighted by Crippen LogP contribution is 2.20. The van der Waals surface area contributed by atoms with Gasteiger partial charge in [-0.3, -0.25) is 4.79 Å². The van der Waals surface area contributed by atoms with E-state index in [2.05, 4.69) is 31.0 Å². The van der Waals surface area contributed by atoms with Crippen molar-refractivity contribution in [2.75, 3.05) is 40.4 Å². The van der Waals surface area contributed by atoms with Crippen LogP contribution in [0.2, 0.25) is 0 Å². The molecule has 0 fully saturated rings. The Morgan fingerprint density at radius 3 is 2.47 bits per heavy atom. The third-order valence-electron chi connectivity index (χ3n) is 2.57. The summed E-state index contributed by atoms with van der Waals surface area (Å²) in [4.78, 5) is 13.7. The predicted molar refractivity (Wildman–Crippen MR) is 79.0 cm³/mol. The fraction of sp³-hybridized carbons (Fsp3) is 0.929. The number of amides is 1. The SMILES string of the molecule is CN(C)CCOCCNC(=O)CC(N)CC(C)(C)C. The zero-order chi connectivity index (χ0) is 14.9. The number of hydrogen-bond acceptors (Lipinski definition) is 4. The standard InChI is InChI=1S/C14H31N3O2/c1-14(2,3)11-12(15)10-13(18)16-6-8-19-9-7-17(4)5/h12H,6-11,15H2,1-5H3,(H,16,18). The molecule has 0 aromatic rings. The van der Waals surface area contributed by atoms with E-state index >= 15 is 0 Å². The lowest BCUT2D eigenvalue weighted by Gasteiger charge is -2.22. The highest BCUT2D eigenvalue weighted by atomic mass is 16.5. The van der Waals surface area contributed by atoms with Crippen molar-refractivity contribution in [3.8, 4) is 0 Å². The van der Waals surface area contributed by atoms with Gasteiger partial charge in [0, 0.05) is 25.6 Å². The van der Waals surface area contributed by atoms with Crippen LogP contribution in [0, 0.1) is 5.41 Å². The number of ether oxygens (including phenoxy) is 1. The molecule has 0 aromatic carbocycles. The first-order valence-electron chi connectivity index (χ1n) is 6.95. The van der Waals surface area contributed by atoms with Gasteiger partial charge in [0.1, 0.15) is 0 Å². The van der Waals surface area contributed by atoms with Gasteiger partial charge in [0.2, 0.25) is 5.91 Å². The zero-order valence-corrected chi connectivity index (χ0v) is 13.2. The third-order valence-corrected chi connectivity index (χ3v) is 2.57. The van der Waals surface area contributed by atoms with Crippen molar-refractivity contribution in [3.63, 3.8) is 0 Å². The molecule has 0 saturated carbocycles. The molecule has 5 nitrogen and oxygen atoms in total. The van der Waals surface area contributed by atoms with Crippen LogP contribution in [0.25, 0.3) is 0 Å². The van der Waals surface area contributed by atoms with Gasteiger partial charge in [0.15, 0.2) is 0 Å². The minimum atomic E-state index is -0.0744. The number of nitrogens with one attached hydrogen (secondary N) is 1. The summed E-state index contributed by atoms with van der Waals surface area (Å²) in [5.41, 5.74) is 6.11. The largest absolute Gasteiger partial charge is 0.378 e. The highest BCUT2D eigenvalue weighted by molar-refractivity contribution is 5.76. The smallest absolute Gasteiger partial charge is 0.221 e. The first-order valence-corrected chi connectivity index (χ1v) is 6.95. The fourth-order valence-corrected chi connectivity index (χ4v) is 1.78. The Hall–Kier alpha value is -0.650. The minimum absolute atomic E-state index is 0.00737. The van der Waals surface area contributed by atoms with Crippen LogP contribution in [0.1, 0.15) is 33.6 Å². The van der Waals surface area contributed by atoms with E-state index in [1.165, 1.54) is 0 Å². The summed E-state index contributed by atoms with van der Waals surface area (Å²) in [6.45, 7) is 9.06. The maximum absolute atomic E-state index is 11.6. The van der Waals surface area contributed by atoms with Crippen LogP contribution < -0.4 is 11.1 Å². The van der Waals surface area contributed by atoms with Gasteiger partial charge >= 0.3 is 0 Å². The van der Waals surface area contributed by atoms with E-state index in [4.69, 9.17) is 10.5 Å². The van der Waals surface area contributed by atoms with Gasteiger partial charge in [0.25, 0.3) is 0 Å². The second-order valence-electron chi connectivity index (χ2n) is 6.49. The van der Waals surface area contributed by atoms with E-state index < -0.39 is 0 Å². The van der Waals surface area contributed by atoms with Gasteiger partial charge in [-0.2, -0.15) is 0 Å². The summed E-state index contributed by atoms with van der Waals surface area (Å²) in [6, 6.07) is -0.0744. The van der Waals surface area contributed by atoms with Crippen molar-refractivity contribution in [2.45, 2.75) is 39.7 Å². The molecule has 1 amide bonds. The summed E-state index contributed by atoms with van der Waals surface area (Å²) in [6.07, 6.45) is 1.23. The molecule has 0 radical (unpaired) electrons. The molecule has 114 valence electrons. The molecular formula is C14H31N3O2. The molecular weight excluding hydrogens is 242 g/mol. The predicted octanol–water partition coefficient (Wildman–Crippen LogP) is 0.834. The first-order chi connectivity index (χ1) is 8.70. The van der Waals surface area contributed by atoms with E-state index in [0.29, 0.717) is 26.2 Å². The number of nitrogens with zero attached hydrogens (tertiary/aromatic N) is 1. The van der Waals surface area contributed by atoms with Crippen LogP contribution in [-0.4, -0.2) is 57.2 Å². The first kappa shape index (κ1) is 18.4. The maximum atomic E-state index is 11.6. The van der Waals surface area contributed by atoms with E-state index in [-0.39, 0.29) is 17.4 Å². The molecule has 0 rings (SSSR count). The Kier molecular flexibility index (Phi) is 8.97. The lowest BCUT2D eigenvalue weighted by molar-refractivity contribution is -0.121. The number of carbonyl (C=O) groups excluding carboxylic acids is 1. The van der Waals surface area contributed by atoms with Crippen LogP contribution in [-0.2, 0) is 9.53 Å². The van der Waals surface area contributed by atoms with Crippen LogP contribution >= 0.6 is 0 Å². The van der Waals surface area contributed by atoms with E-state index in [1.807, 2.05) is 14.1 Å². The monoisotopic (exact) mass is 273 g/mol. The molecule has 0 spiro atoms. The third kappa shape index (κ3) is 13.6. The molecule has 0 aliphatic carbocycles. The Balaban J connectivity index is 3.54. The Bertz CT molecular complexity index is 250. The minimum Gasteiger partial charge on any atom is -0.378 e. The quantitative estimate of drug-likeness (QED) is 0.611. The normalized spacial score (nSPS) is 13.6. The molecule has 5 heteroatoms.